The number of fused-ring (bicyclic) bond motifs is 4. The Bertz CT molecular complexity index is 2240. The summed E-state index contributed by atoms with van der Waals surface area (Å²) in [6.07, 6.45) is 6.61. The quantitative estimate of drug-likeness (QED) is 0.118. The van der Waals surface area contributed by atoms with Crippen molar-refractivity contribution in [2.24, 2.45) is 0 Å². The number of phenols is 4. The minimum absolute atomic E-state index is 0.179. The number of rotatable bonds is 0. The second-order valence-electron chi connectivity index (χ2n) is 10.4. The zero-order chi connectivity index (χ0) is 37.7. The first-order valence-electron chi connectivity index (χ1n) is 14.5. The van der Waals surface area contributed by atoms with Crippen LogP contribution in [0.4, 0.5) is 0 Å². The highest BCUT2D eigenvalue weighted by atomic mass is 79.9. The summed E-state index contributed by atoms with van der Waals surface area (Å²) in [5, 5.41) is 42.2. The number of benzene rings is 4. The Hall–Kier alpha value is -2.44. The lowest BCUT2D eigenvalue weighted by atomic mass is 10.2. The van der Waals surface area contributed by atoms with Gasteiger partial charge in [0.25, 0.3) is 0 Å². The topological polar surface area (TPSA) is 132 Å². The summed E-state index contributed by atoms with van der Waals surface area (Å²) in [6, 6.07) is 22.2. The van der Waals surface area contributed by atoms with E-state index >= 15 is 0 Å². The van der Waals surface area contributed by atoms with Gasteiger partial charge < -0.3 is 20.4 Å². The van der Waals surface area contributed by atoms with Crippen molar-refractivity contribution in [3.8, 4) is 23.0 Å². The molecule has 0 amide bonds. The first-order valence-corrected chi connectivity index (χ1v) is 20.8. The van der Waals surface area contributed by atoms with Gasteiger partial charge in [0.2, 0.25) is 0 Å². The molecule has 8 rings (SSSR count). The van der Waals surface area contributed by atoms with E-state index < -0.39 is 0 Å². The minimum atomic E-state index is 0.179. The Morgan fingerprint density at radius 3 is 0.692 bits per heavy atom. The van der Waals surface area contributed by atoms with Gasteiger partial charge in [0.1, 0.15) is 22.1 Å². The van der Waals surface area contributed by atoms with E-state index in [9.17, 15) is 20.4 Å². The summed E-state index contributed by atoms with van der Waals surface area (Å²) >= 11 is 26.6. The zero-order valence-corrected chi connectivity index (χ0v) is 38.5. The van der Waals surface area contributed by atoms with Gasteiger partial charge in [-0.05, 0) is 112 Å². The van der Waals surface area contributed by atoms with E-state index in [1.165, 1.54) is 0 Å². The van der Waals surface area contributed by atoms with Crippen LogP contribution in [0.15, 0.2) is 133 Å². The Balaban J connectivity index is 0.000000134. The van der Waals surface area contributed by atoms with Gasteiger partial charge in [-0.3, -0.25) is 19.9 Å². The average molecular weight is 1210 g/mol. The van der Waals surface area contributed by atoms with E-state index in [-0.39, 0.29) is 23.0 Å². The van der Waals surface area contributed by atoms with Crippen molar-refractivity contribution in [3.05, 3.63) is 133 Å². The van der Waals surface area contributed by atoms with E-state index in [1.807, 2.05) is 48.5 Å². The fourth-order valence-corrected chi connectivity index (χ4v) is 9.72. The first-order chi connectivity index (χ1) is 24.8. The average Bonchev–Trinajstić information content (AvgIpc) is 3.15. The van der Waals surface area contributed by atoms with E-state index in [0.717, 1.165) is 39.4 Å². The van der Waals surface area contributed by atoms with Crippen molar-refractivity contribution < 1.29 is 20.4 Å². The largest absolute Gasteiger partial charge is 0.505 e. The van der Waals surface area contributed by atoms with E-state index in [1.54, 1.807) is 49.1 Å². The second-order valence-corrected chi connectivity index (χ2v) is 17.2. The van der Waals surface area contributed by atoms with Gasteiger partial charge >= 0.3 is 0 Å². The van der Waals surface area contributed by atoms with Crippen LogP contribution in [0.2, 0.25) is 0 Å². The number of hydrogen-bond donors (Lipinski definition) is 4. The SMILES string of the molecule is Oc1c(Br)cc(Br)c2cccnc12.Oc1c(Br)cc(Br)c2cccnc12.Oc1c(Br)cc(Br)c2cccnc12.Oc1c(Br)cc(Br)c2cccnc12. The Morgan fingerprint density at radius 2 is 0.500 bits per heavy atom. The molecule has 0 spiro atoms. The van der Waals surface area contributed by atoms with Crippen LogP contribution in [0.3, 0.4) is 0 Å². The fourth-order valence-electron chi connectivity index (χ4n) is 4.63. The Labute approximate surface area is 363 Å². The molecule has 16 heteroatoms. The van der Waals surface area contributed by atoms with Gasteiger partial charge in [0.05, 0.1) is 17.9 Å². The van der Waals surface area contributed by atoms with Crippen LogP contribution in [0, 0.1) is 0 Å². The van der Waals surface area contributed by atoms with Crippen molar-refractivity contribution in [1.82, 2.24) is 19.9 Å². The molecule has 264 valence electrons. The van der Waals surface area contributed by atoms with Crippen molar-refractivity contribution in [1.29, 1.82) is 0 Å². The molecular weight excluding hydrogens is 1190 g/mol. The highest BCUT2D eigenvalue weighted by molar-refractivity contribution is 9.12. The third kappa shape index (κ3) is 9.25. The van der Waals surface area contributed by atoms with E-state index in [4.69, 9.17) is 0 Å². The molecule has 4 aromatic heterocycles. The number of aromatic nitrogens is 4. The van der Waals surface area contributed by atoms with Crippen LogP contribution in [-0.4, -0.2) is 40.4 Å². The molecule has 52 heavy (non-hydrogen) atoms. The summed E-state index contributed by atoms with van der Waals surface area (Å²) in [4.78, 5) is 16.4. The lowest BCUT2D eigenvalue weighted by Crippen LogP contribution is -1.81. The third-order valence-corrected chi connectivity index (χ3v) is 12.1. The third-order valence-electron chi connectivity index (χ3n) is 7.08. The molecular formula is C36H20Br8N4O4. The van der Waals surface area contributed by atoms with Gasteiger partial charge in [-0.25, -0.2) is 0 Å². The molecule has 4 heterocycles. The lowest BCUT2D eigenvalue weighted by molar-refractivity contribution is 0.476. The molecule has 0 saturated carbocycles. The zero-order valence-electron chi connectivity index (χ0n) is 25.8. The normalized spacial score (nSPS) is 10.6. The lowest BCUT2D eigenvalue weighted by Gasteiger charge is -2.03. The molecule has 0 fully saturated rings. The Morgan fingerprint density at radius 1 is 0.308 bits per heavy atom. The van der Waals surface area contributed by atoms with Crippen LogP contribution in [0.1, 0.15) is 0 Å². The van der Waals surface area contributed by atoms with E-state index in [2.05, 4.69) is 147 Å². The monoisotopic (exact) mass is 1200 g/mol. The van der Waals surface area contributed by atoms with Crippen LogP contribution < -0.4 is 0 Å². The molecule has 0 atom stereocenters. The highest BCUT2D eigenvalue weighted by Gasteiger charge is 2.11. The first kappa shape index (κ1) is 40.7. The number of aromatic hydroxyl groups is 4. The summed E-state index contributed by atoms with van der Waals surface area (Å²) in [6.45, 7) is 0. The van der Waals surface area contributed by atoms with Crippen molar-refractivity contribution in [2.75, 3.05) is 0 Å². The molecule has 0 aliphatic carbocycles. The molecule has 0 saturated heterocycles. The predicted octanol–water partition coefficient (Wildman–Crippen LogP) is 13.9. The molecule has 8 nitrogen and oxygen atoms in total. The fraction of sp³-hybridized carbons (Fsp3) is 0. The number of hydrogen-bond acceptors (Lipinski definition) is 8. The van der Waals surface area contributed by atoms with Crippen LogP contribution >= 0.6 is 127 Å². The molecule has 0 aliphatic rings. The molecule has 8 aromatic rings. The van der Waals surface area contributed by atoms with Gasteiger partial charge in [-0.15, -0.1) is 0 Å². The second kappa shape index (κ2) is 18.3. The van der Waals surface area contributed by atoms with Gasteiger partial charge in [-0.1, -0.05) is 88.0 Å². The number of halogens is 8. The summed E-state index contributed by atoms with van der Waals surface area (Å²) in [7, 11) is 0. The van der Waals surface area contributed by atoms with Gasteiger partial charge in [0.15, 0.2) is 23.0 Å². The maximum Gasteiger partial charge on any atom is 0.156 e. The number of nitrogens with zero attached hydrogens (tertiary/aromatic N) is 4. The Kier molecular flexibility index (Phi) is 14.3. The van der Waals surface area contributed by atoms with Crippen molar-refractivity contribution in [2.45, 2.75) is 0 Å². The molecule has 0 unspecified atom stereocenters. The molecule has 4 N–H and O–H groups in total. The van der Waals surface area contributed by atoms with Crippen molar-refractivity contribution >= 4 is 171 Å². The van der Waals surface area contributed by atoms with Crippen LogP contribution in [0.25, 0.3) is 43.6 Å². The van der Waals surface area contributed by atoms with E-state index in [0.29, 0.717) is 40.0 Å². The maximum absolute atomic E-state index is 9.65. The molecule has 4 aromatic carbocycles. The maximum atomic E-state index is 9.65. The number of phenolic OH excluding ortho intramolecular Hbond substituents is 4. The number of pyridine rings is 4. The standard InChI is InChI=1S/4C9H5Br2NO/c4*10-6-4-7(11)9(13)8-5(6)2-1-3-12-8/h4*1-4,13H. The predicted molar refractivity (Wildman–Crippen MR) is 235 cm³/mol. The molecule has 0 aliphatic heterocycles. The molecule has 0 bridgehead atoms. The van der Waals surface area contributed by atoms with Gasteiger partial charge in [-0.2, -0.15) is 0 Å². The van der Waals surface area contributed by atoms with Gasteiger partial charge in [0, 0.05) is 64.2 Å². The summed E-state index contributed by atoms with van der Waals surface area (Å²) in [5.74, 6) is 0.718. The van der Waals surface area contributed by atoms with Crippen LogP contribution in [-0.2, 0) is 0 Å². The van der Waals surface area contributed by atoms with Crippen LogP contribution in [0.5, 0.6) is 23.0 Å². The molecule has 0 radical (unpaired) electrons. The summed E-state index contributed by atoms with van der Waals surface area (Å²) < 4.78 is 6.24. The summed E-state index contributed by atoms with van der Waals surface area (Å²) in [5.41, 5.74) is 2.40. The van der Waals surface area contributed by atoms with Crippen molar-refractivity contribution in [3.63, 3.8) is 0 Å². The minimum Gasteiger partial charge on any atom is -0.505 e. The highest BCUT2D eigenvalue weighted by Crippen LogP contribution is 2.39. The smallest absolute Gasteiger partial charge is 0.156 e.